The van der Waals surface area contributed by atoms with Gasteiger partial charge in [0.25, 0.3) is 0 Å². The van der Waals surface area contributed by atoms with E-state index in [1.54, 1.807) is 6.07 Å². The second kappa shape index (κ2) is 8.89. The summed E-state index contributed by atoms with van der Waals surface area (Å²) in [6, 6.07) is 13.7. The van der Waals surface area contributed by atoms with Gasteiger partial charge in [-0.15, -0.1) is 0 Å². The summed E-state index contributed by atoms with van der Waals surface area (Å²) in [6.07, 6.45) is 7.22. The van der Waals surface area contributed by atoms with Crippen molar-refractivity contribution < 1.29 is 17.9 Å². The number of para-hydroxylation sites is 1. The number of sulfonamides is 1. The molecule has 0 saturated carbocycles. The third kappa shape index (κ3) is 4.05. The zero-order chi connectivity index (χ0) is 22.1. The Kier molecular flexibility index (Phi) is 5.97. The van der Waals surface area contributed by atoms with Crippen LogP contribution in [0.25, 0.3) is 0 Å². The summed E-state index contributed by atoms with van der Waals surface area (Å²) < 4.78 is 40.1. The molecule has 0 amide bonds. The highest BCUT2D eigenvalue weighted by atomic mass is 32.2. The Morgan fingerprint density at radius 1 is 1.19 bits per heavy atom. The average molecular weight is 455 g/mol. The van der Waals surface area contributed by atoms with Crippen LogP contribution < -0.4 is 14.8 Å². The first-order valence-corrected chi connectivity index (χ1v) is 13.0. The van der Waals surface area contributed by atoms with E-state index < -0.39 is 10.0 Å². The predicted octanol–water partition coefficient (Wildman–Crippen LogP) is 4.37. The van der Waals surface area contributed by atoms with Gasteiger partial charge < -0.3 is 14.8 Å². The molecule has 2 aliphatic heterocycles. The van der Waals surface area contributed by atoms with Gasteiger partial charge in [-0.3, -0.25) is 0 Å². The molecule has 1 saturated heterocycles. The van der Waals surface area contributed by atoms with Gasteiger partial charge in [0.05, 0.1) is 23.6 Å². The normalized spacial score (nSPS) is 26.4. The highest BCUT2D eigenvalue weighted by molar-refractivity contribution is 7.89. The smallest absolute Gasteiger partial charge is 0.240 e. The molecule has 7 heteroatoms. The maximum absolute atomic E-state index is 12.9. The molecule has 0 radical (unpaired) electrons. The summed E-state index contributed by atoms with van der Waals surface area (Å²) in [5.41, 5.74) is 3.16. The van der Waals surface area contributed by atoms with E-state index in [0.29, 0.717) is 30.6 Å². The summed E-state index contributed by atoms with van der Waals surface area (Å²) in [4.78, 5) is 0.309. The van der Waals surface area contributed by atoms with Crippen LogP contribution in [0.1, 0.15) is 49.3 Å². The number of hydrogen-bond acceptors (Lipinski definition) is 5. The molecule has 0 spiro atoms. The Morgan fingerprint density at radius 3 is 2.88 bits per heavy atom. The molecule has 1 aliphatic carbocycles. The molecule has 4 atom stereocenters. The highest BCUT2D eigenvalue weighted by Crippen LogP contribution is 2.51. The number of anilines is 1. The Labute approximate surface area is 190 Å². The van der Waals surface area contributed by atoms with Crippen molar-refractivity contribution in [3.8, 4) is 5.75 Å². The number of fused-ring (bicyclic) bond motifs is 3. The summed E-state index contributed by atoms with van der Waals surface area (Å²) in [6.45, 7) is 3.64. The van der Waals surface area contributed by atoms with E-state index in [2.05, 4.69) is 28.3 Å². The molecule has 4 unspecified atom stereocenters. The SMILES string of the molecule is CCOc1ccccc1C1Nc2ccc(S(=O)(=O)NCC3CCCO3)cc2C2C=CCC21. The van der Waals surface area contributed by atoms with Gasteiger partial charge in [-0.1, -0.05) is 30.4 Å². The van der Waals surface area contributed by atoms with E-state index >= 15 is 0 Å². The fourth-order valence-electron chi connectivity index (χ4n) is 5.16. The van der Waals surface area contributed by atoms with Crippen LogP contribution in [-0.2, 0) is 14.8 Å². The zero-order valence-corrected chi connectivity index (χ0v) is 19.1. The summed E-state index contributed by atoms with van der Waals surface area (Å²) in [7, 11) is -3.59. The number of nitrogens with one attached hydrogen (secondary N) is 2. The van der Waals surface area contributed by atoms with E-state index in [1.807, 2.05) is 37.3 Å². The van der Waals surface area contributed by atoms with Crippen LogP contribution in [0.15, 0.2) is 59.5 Å². The van der Waals surface area contributed by atoms with Crippen LogP contribution in [0, 0.1) is 5.92 Å². The van der Waals surface area contributed by atoms with Crippen LogP contribution in [0.5, 0.6) is 5.75 Å². The third-order valence-corrected chi connectivity index (χ3v) is 8.14. The molecule has 2 aromatic rings. The molecule has 170 valence electrons. The van der Waals surface area contributed by atoms with Crippen molar-refractivity contribution in [1.29, 1.82) is 0 Å². The van der Waals surface area contributed by atoms with Gasteiger partial charge >= 0.3 is 0 Å². The van der Waals surface area contributed by atoms with Crippen molar-refractivity contribution in [3.63, 3.8) is 0 Å². The minimum Gasteiger partial charge on any atom is -0.494 e. The van der Waals surface area contributed by atoms with Crippen molar-refractivity contribution >= 4 is 15.7 Å². The van der Waals surface area contributed by atoms with E-state index in [4.69, 9.17) is 9.47 Å². The van der Waals surface area contributed by atoms with Crippen LogP contribution in [0.4, 0.5) is 5.69 Å². The molecule has 6 nitrogen and oxygen atoms in total. The molecule has 2 aromatic carbocycles. The van der Waals surface area contributed by atoms with E-state index in [9.17, 15) is 8.42 Å². The van der Waals surface area contributed by atoms with Gasteiger partial charge in [0, 0.05) is 30.3 Å². The first kappa shape index (κ1) is 21.5. The van der Waals surface area contributed by atoms with Gasteiger partial charge in [-0.2, -0.15) is 0 Å². The average Bonchev–Trinajstić information content (AvgIpc) is 3.50. The lowest BCUT2D eigenvalue weighted by Crippen LogP contribution is -2.32. The van der Waals surface area contributed by atoms with Gasteiger partial charge in [-0.25, -0.2) is 13.1 Å². The number of rotatable bonds is 7. The molecule has 2 N–H and O–H groups in total. The molecule has 1 fully saturated rings. The van der Waals surface area contributed by atoms with Gasteiger partial charge in [0.1, 0.15) is 5.75 Å². The molecule has 3 aliphatic rings. The van der Waals surface area contributed by atoms with Gasteiger partial charge in [0.2, 0.25) is 10.0 Å². The second-order valence-corrected chi connectivity index (χ2v) is 10.4. The van der Waals surface area contributed by atoms with Crippen molar-refractivity contribution in [3.05, 3.63) is 65.7 Å². The first-order valence-electron chi connectivity index (χ1n) is 11.5. The van der Waals surface area contributed by atoms with Crippen LogP contribution in [-0.4, -0.2) is 34.3 Å². The summed E-state index contributed by atoms with van der Waals surface area (Å²) in [5, 5.41) is 3.68. The van der Waals surface area contributed by atoms with Crippen molar-refractivity contribution in [2.24, 2.45) is 5.92 Å². The zero-order valence-electron chi connectivity index (χ0n) is 18.3. The van der Waals surface area contributed by atoms with Crippen molar-refractivity contribution in [1.82, 2.24) is 4.72 Å². The number of allylic oxidation sites excluding steroid dienone is 2. The second-order valence-electron chi connectivity index (χ2n) is 8.68. The monoisotopic (exact) mass is 454 g/mol. The first-order chi connectivity index (χ1) is 15.6. The van der Waals surface area contributed by atoms with Crippen molar-refractivity contribution in [2.75, 3.05) is 25.1 Å². The maximum atomic E-state index is 12.9. The molecule has 2 heterocycles. The Morgan fingerprint density at radius 2 is 2.06 bits per heavy atom. The molecule has 32 heavy (non-hydrogen) atoms. The number of hydrogen-bond donors (Lipinski definition) is 2. The Hall–Kier alpha value is -2.35. The maximum Gasteiger partial charge on any atom is 0.240 e. The molecular weight excluding hydrogens is 424 g/mol. The largest absolute Gasteiger partial charge is 0.494 e. The van der Waals surface area contributed by atoms with Crippen LogP contribution >= 0.6 is 0 Å². The van der Waals surface area contributed by atoms with Gasteiger partial charge in [-0.05, 0) is 61.9 Å². The van der Waals surface area contributed by atoms with E-state index in [0.717, 1.165) is 41.8 Å². The standard InChI is InChI=1S/C25H30N2O4S/c1-2-30-24-11-4-3-8-21(24)25-20-10-5-9-19(20)22-15-18(12-13-23(22)27-25)32(28,29)26-16-17-7-6-14-31-17/h3-5,8-9,11-13,15,17,19-20,25-27H,2,6-7,10,14,16H2,1H3. The van der Waals surface area contributed by atoms with E-state index in [1.165, 1.54) is 0 Å². The molecule has 0 aromatic heterocycles. The highest BCUT2D eigenvalue weighted by Gasteiger charge is 2.39. The van der Waals surface area contributed by atoms with E-state index in [-0.39, 0.29) is 18.1 Å². The summed E-state index contributed by atoms with van der Waals surface area (Å²) in [5.74, 6) is 1.38. The fraction of sp³-hybridized carbons (Fsp3) is 0.440. The van der Waals surface area contributed by atoms with Gasteiger partial charge in [0.15, 0.2) is 0 Å². The predicted molar refractivity (Wildman–Crippen MR) is 125 cm³/mol. The van der Waals surface area contributed by atoms with Crippen molar-refractivity contribution in [2.45, 2.75) is 49.1 Å². The Balaban J connectivity index is 1.43. The minimum atomic E-state index is -3.59. The Bertz CT molecular complexity index is 1110. The van der Waals surface area contributed by atoms with Crippen LogP contribution in [0.3, 0.4) is 0 Å². The fourth-order valence-corrected chi connectivity index (χ4v) is 6.26. The number of ether oxygens (including phenoxy) is 2. The lowest BCUT2D eigenvalue weighted by atomic mass is 9.77. The lowest BCUT2D eigenvalue weighted by Gasteiger charge is -2.38. The minimum absolute atomic E-state index is 0.0302. The molecule has 0 bridgehead atoms. The quantitative estimate of drug-likeness (QED) is 0.608. The third-order valence-electron chi connectivity index (χ3n) is 6.72. The summed E-state index contributed by atoms with van der Waals surface area (Å²) >= 11 is 0. The topological polar surface area (TPSA) is 76.7 Å². The van der Waals surface area contributed by atoms with Crippen LogP contribution in [0.2, 0.25) is 0 Å². The number of benzene rings is 2. The lowest BCUT2D eigenvalue weighted by molar-refractivity contribution is 0.114. The molecular formula is C25H30N2O4S. The molecule has 5 rings (SSSR count).